The van der Waals surface area contributed by atoms with Crippen LogP contribution < -0.4 is 0 Å². The molecule has 0 bridgehead atoms. The second-order valence-corrected chi connectivity index (χ2v) is 6.49. The van der Waals surface area contributed by atoms with Crippen molar-refractivity contribution in [2.75, 3.05) is 6.54 Å². The Bertz CT molecular complexity index is 376. The van der Waals surface area contributed by atoms with Crippen molar-refractivity contribution >= 4 is 33.2 Å². The molecule has 1 amide bonds. The van der Waals surface area contributed by atoms with Crippen LogP contribution in [0.4, 0.5) is 0 Å². The van der Waals surface area contributed by atoms with Crippen molar-refractivity contribution in [1.29, 1.82) is 0 Å². The monoisotopic (exact) mass is 287 g/mol. The number of thiophene rings is 1. The van der Waals surface area contributed by atoms with Crippen LogP contribution in [-0.2, 0) is 0 Å². The SMILES string of the molecule is CC1CC(C)N(C(=O)c2ccsc2Br)C1. The summed E-state index contributed by atoms with van der Waals surface area (Å²) in [6.07, 6.45) is 1.12. The lowest BCUT2D eigenvalue weighted by molar-refractivity contribution is 0.0743. The van der Waals surface area contributed by atoms with Gasteiger partial charge in [-0.1, -0.05) is 6.92 Å². The summed E-state index contributed by atoms with van der Waals surface area (Å²) >= 11 is 4.98. The normalized spacial score (nSPS) is 25.9. The van der Waals surface area contributed by atoms with E-state index in [0.717, 1.165) is 22.3 Å². The standard InChI is InChI=1S/C11H14BrNOS/c1-7-5-8(2)13(6-7)11(14)9-3-4-15-10(9)12/h3-4,7-8H,5-6H2,1-2H3. The summed E-state index contributed by atoms with van der Waals surface area (Å²) < 4.78 is 0.944. The number of rotatable bonds is 1. The first-order chi connectivity index (χ1) is 7.09. The Balaban J connectivity index is 2.19. The number of carbonyl (C=O) groups excluding carboxylic acids is 1. The molecule has 2 rings (SSSR count). The molecule has 0 aromatic carbocycles. The molecule has 0 aliphatic carbocycles. The van der Waals surface area contributed by atoms with Gasteiger partial charge in [0.15, 0.2) is 0 Å². The van der Waals surface area contributed by atoms with E-state index in [0.29, 0.717) is 12.0 Å². The minimum Gasteiger partial charge on any atom is -0.336 e. The Hall–Kier alpha value is -0.350. The lowest BCUT2D eigenvalue weighted by Gasteiger charge is -2.21. The molecule has 82 valence electrons. The second-order valence-electron chi connectivity index (χ2n) is 4.26. The van der Waals surface area contributed by atoms with Crippen LogP contribution in [0.3, 0.4) is 0 Å². The molecule has 1 aromatic heterocycles. The molecule has 2 atom stereocenters. The van der Waals surface area contributed by atoms with E-state index >= 15 is 0 Å². The van der Waals surface area contributed by atoms with E-state index in [9.17, 15) is 4.79 Å². The highest BCUT2D eigenvalue weighted by atomic mass is 79.9. The highest BCUT2D eigenvalue weighted by Gasteiger charge is 2.31. The third kappa shape index (κ3) is 2.11. The zero-order valence-corrected chi connectivity index (χ0v) is 11.3. The van der Waals surface area contributed by atoms with Crippen molar-refractivity contribution in [3.63, 3.8) is 0 Å². The number of likely N-dealkylation sites (tertiary alicyclic amines) is 1. The molecule has 1 fully saturated rings. The smallest absolute Gasteiger partial charge is 0.256 e. The Morgan fingerprint density at radius 2 is 2.33 bits per heavy atom. The molecule has 2 unspecified atom stereocenters. The predicted molar refractivity (Wildman–Crippen MR) is 66.3 cm³/mol. The highest BCUT2D eigenvalue weighted by Crippen LogP contribution is 2.29. The number of amides is 1. The minimum atomic E-state index is 0.167. The van der Waals surface area contributed by atoms with Crippen LogP contribution in [0.1, 0.15) is 30.6 Å². The van der Waals surface area contributed by atoms with Gasteiger partial charge in [0.25, 0.3) is 5.91 Å². The summed E-state index contributed by atoms with van der Waals surface area (Å²) in [6.45, 7) is 5.22. The van der Waals surface area contributed by atoms with Gasteiger partial charge in [0, 0.05) is 12.6 Å². The molecule has 0 N–H and O–H groups in total. The number of carbonyl (C=O) groups is 1. The third-order valence-electron chi connectivity index (χ3n) is 2.89. The van der Waals surface area contributed by atoms with E-state index in [-0.39, 0.29) is 5.91 Å². The second kappa shape index (κ2) is 4.26. The van der Waals surface area contributed by atoms with Crippen molar-refractivity contribution in [2.45, 2.75) is 26.3 Å². The van der Waals surface area contributed by atoms with Crippen molar-refractivity contribution in [2.24, 2.45) is 5.92 Å². The lowest BCUT2D eigenvalue weighted by atomic mass is 10.1. The van der Waals surface area contributed by atoms with Crippen molar-refractivity contribution in [3.8, 4) is 0 Å². The van der Waals surface area contributed by atoms with Crippen LogP contribution in [0.25, 0.3) is 0 Å². The van der Waals surface area contributed by atoms with Gasteiger partial charge in [-0.15, -0.1) is 11.3 Å². The third-order valence-corrected chi connectivity index (χ3v) is 4.58. The molecule has 0 radical (unpaired) electrons. The van der Waals surface area contributed by atoms with E-state index in [1.165, 1.54) is 0 Å². The van der Waals surface area contributed by atoms with E-state index in [1.807, 2.05) is 16.3 Å². The fraction of sp³-hybridized carbons (Fsp3) is 0.545. The summed E-state index contributed by atoms with van der Waals surface area (Å²) in [5.74, 6) is 0.793. The van der Waals surface area contributed by atoms with Crippen molar-refractivity contribution in [3.05, 3.63) is 20.8 Å². The molecule has 15 heavy (non-hydrogen) atoms. The van der Waals surface area contributed by atoms with Gasteiger partial charge in [-0.2, -0.15) is 0 Å². The van der Waals surface area contributed by atoms with Crippen LogP contribution in [0.5, 0.6) is 0 Å². The maximum Gasteiger partial charge on any atom is 0.256 e. The molecule has 2 nitrogen and oxygen atoms in total. The molecular formula is C11H14BrNOS. The van der Waals surface area contributed by atoms with Gasteiger partial charge in [-0.25, -0.2) is 0 Å². The minimum absolute atomic E-state index is 0.167. The highest BCUT2D eigenvalue weighted by molar-refractivity contribution is 9.11. The molecule has 2 heterocycles. The van der Waals surface area contributed by atoms with Crippen molar-refractivity contribution in [1.82, 2.24) is 4.90 Å². The largest absolute Gasteiger partial charge is 0.336 e. The predicted octanol–water partition coefficient (Wildman–Crippen LogP) is 3.38. The summed E-state index contributed by atoms with van der Waals surface area (Å²) in [6, 6.07) is 2.27. The first-order valence-electron chi connectivity index (χ1n) is 5.13. The Morgan fingerprint density at radius 3 is 2.80 bits per heavy atom. The Kier molecular flexibility index (Phi) is 3.16. The van der Waals surface area contributed by atoms with Crippen LogP contribution >= 0.6 is 27.3 Å². The summed E-state index contributed by atoms with van der Waals surface area (Å²) in [4.78, 5) is 14.2. The van der Waals surface area contributed by atoms with Crippen LogP contribution in [-0.4, -0.2) is 23.4 Å². The average Bonchev–Trinajstić information content (AvgIpc) is 2.71. The molecule has 0 saturated carbocycles. The van der Waals surface area contributed by atoms with Gasteiger partial charge in [0.05, 0.1) is 9.35 Å². The molecule has 4 heteroatoms. The molecule has 0 spiro atoms. The maximum absolute atomic E-state index is 12.2. The zero-order valence-electron chi connectivity index (χ0n) is 8.87. The fourth-order valence-electron chi connectivity index (χ4n) is 2.18. The quantitative estimate of drug-likeness (QED) is 0.775. The number of halogens is 1. The van der Waals surface area contributed by atoms with Gasteiger partial charge in [0.1, 0.15) is 0 Å². The summed E-state index contributed by atoms with van der Waals surface area (Å²) in [5.41, 5.74) is 0.806. The molecular weight excluding hydrogens is 274 g/mol. The summed E-state index contributed by atoms with van der Waals surface area (Å²) in [5, 5.41) is 1.95. The van der Waals surface area contributed by atoms with Gasteiger partial charge in [-0.05, 0) is 46.6 Å². The van der Waals surface area contributed by atoms with Gasteiger partial charge in [0.2, 0.25) is 0 Å². The molecule has 1 aromatic rings. The topological polar surface area (TPSA) is 20.3 Å². The van der Waals surface area contributed by atoms with Crippen LogP contribution in [0.15, 0.2) is 15.2 Å². The van der Waals surface area contributed by atoms with Gasteiger partial charge >= 0.3 is 0 Å². The van der Waals surface area contributed by atoms with Crippen molar-refractivity contribution < 1.29 is 4.79 Å². The average molecular weight is 288 g/mol. The fourth-order valence-corrected chi connectivity index (χ4v) is 3.42. The number of nitrogens with zero attached hydrogens (tertiary/aromatic N) is 1. The Morgan fingerprint density at radius 1 is 1.60 bits per heavy atom. The van der Waals surface area contributed by atoms with Crippen LogP contribution in [0, 0.1) is 5.92 Å². The van der Waals surface area contributed by atoms with E-state index < -0.39 is 0 Å². The maximum atomic E-state index is 12.2. The van der Waals surface area contributed by atoms with Gasteiger partial charge in [-0.3, -0.25) is 4.79 Å². The zero-order chi connectivity index (χ0) is 11.0. The lowest BCUT2D eigenvalue weighted by Crippen LogP contribution is -2.33. The van der Waals surface area contributed by atoms with Crippen LogP contribution in [0.2, 0.25) is 0 Å². The number of hydrogen-bond donors (Lipinski definition) is 0. The van der Waals surface area contributed by atoms with E-state index in [4.69, 9.17) is 0 Å². The molecule has 1 saturated heterocycles. The molecule has 1 aliphatic rings. The summed E-state index contributed by atoms with van der Waals surface area (Å²) in [7, 11) is 0. The Labute approximate surface area is 102 Å². The first kappa shape index (κ1) is 11.1. The first-order valence-corrected chi connectivity index (χ1v) is 6.81. The van der Waals surface area contributed by atoms with Gasteiger partial charge < -0.3 is 4.90 Å². The van der Waals surface area contributed by atoms with E-state index in [1.54, 1.807) is 11.3 Å². The number of hydrogen-bond acceptors (Lipinski definition) is 2. The molecule has 1 aliphatic heterocycles. The van der Waals surface area contributed by atoms with E-state index in [2.05, 4.69) is 29.8 Å².